The van der Waals surface area contributed by atoms with Crippen molar-refractivity contribution in [3.63, 3.8) is 0 Å². The van der Waals surface area contributed by atoms with Gasteiger partial charge in [0, 0.05) is 10.0 Å². The number of hydrogen-bond acceptors (Lipinski definition) is 7. The van der Waals surface area contributed by atoms with Gasteiger partial charge in [-0.25, -0.2) is 4.79 Å². The van der Waals surface area contributed by atoms with E-state index in [9.17, 15) is 9.59 Å². The van der Waals surface area contributed by atoms with Crippen LogP contribution in [0.5, 0.6) is 0 Å². The van der Waals surface area contributed by atoms with Crippen molar-refractivity contribution in [3.8, 4) is 11.5 Å². The Bertz CT molecular complexity index is 1170. The van der Waals surface area contributed by atoms with E-state index >= 15 is 0 Å². The first-order valence-electron chi connectivity index (χ1n) is 8.79. The summed E-state index contributed by atoms with van der Waals surface area (Å²) in [5, 5.41) is 10.5. The Morgan fingerprint density at radius 2 is 1.80 bits per heavy atom. The Hall–Kier alpha value is -3.72. The van der Waals surface area contributed by atoms with Crippen LogP contribution in [0.2, 0.25) is 0 Å². The third-order valence-corrected chi connectivity index (χ3v) is 4.55. The number of esters is 1. The first kappa shape index (κ1) is 19.6. The van der Waals surface area contributed by atoms with E-state index in [2.05, 4.69) is 31.4 Å². The molecule has 0 saturated carbocycles. The maximum absolute atomic E-state index is 12.5. The van der Waals surface area contributed by atoms with Crippen LogP contribution in [0.1, 0.15) is 26.8 Å². The normalized spacial score (nSPS) is 10.6. The van der Waals surface area contributed by atoms with E-state index in [0.29, 0.717) is 11.6 Å². The van der Waals surface area contributed by atoms with Gasteiger partial charge in [-0.05, 0) is 48.5 Å². The molecule has 0 radical (unpaired) electrons. The van der Waals surface area contributed by atoms with Gasteiger partial charge in [0.05, 0.1) is 17.5 Å². The third kappa shape index (κ3) is 4.47. The Balaban J connectivity index is 1.42. The van der Waals surface area contributed by atoms with Crippen LogP contribution in [-0.4, -0.2) is 22.1 Å². The number of ether oxygens (including phenoxy) is 1. The van der Waals surface area contributed by atoms with Gasteiger partial charge in [0.2, 0.25) is 5.89 Å². The van der Waals surface area contributed by atoms with Gasteiger partial charge in [-0.15, -0.1) is 10.2 Å². The summed E-state index contributed by atoms with van der Waals surface area (Å²) in [7, 11) is 0. The van der Waals surface area contributed by atoms with Crippen molar-refractivity contribution in [2.75, 3.05) is 5.32 Å². The van der Waals surface area contributed by atoms with E-state index in [-0.39, 0.29) is 23.8 Å². The second kappa shape index (κ2) is 8.75. The molecule has 30 heavy (non-hydrogen) atoms. The fourth-order valence-electron chi connectivity index (χ4n) is 2.59. The van der Waals surface area contributed by atoms with Crippen molar-refractivity contribution < 1.29 is 23.2 Å². The first-order chi connectivity index (χ1) is 14.6. The summed E-state index contributed by atoms with van der Waals surface area (Å²) in [5.74, 6) is -0.521. The highest BCUT2D eigenvalue weighted by molar-refractivity contribution is 9.10. The molecule has 0 aliphatic heterocycles. The maximum atomic E-state index is 12.5. The highest BCUT2D eigenvalue weighted by atomic mass is 79.9. The minimum atomic E-state index is -0.645. The minimum Gasteiger partial charge on any atom is -0.459 e. The monoisotopic (exact) mass is 467 g/mol. The molecule has 0 aliphatic rings. The second-order valence-electron chi connectivity index (χ2n) is 6.06. The molecule has 0 aliphatic carbocycles. The van der Waals surface area contributed by atoms with Crippen LogP contribution < -0.4 is 5.32 Å². The summed E-state index contributed by atoms with van der Waals surface area (Å²) < 4.78 is 16.8. The molecule has 4 rings (SSSR count). The van der Waals surface area contributed by atoms with Crippen molar-refractivity contribution in [1.82, 2.24) is 10.2 Å². The molecule has 1 amide bonds. The topological polar surface area (TPSA) is 107 Å². The molecule has 8 nitrogen and oxygen atoms in total. The van der Waals surface area contributed by atoms with Gasteiger partial charge in [0.25, 0.3) is 11.8 Å². The van der Waals surface area contributed by atoms with Gasteiger partial charge in [-0.1, -0.05) is 28.1 Å². The van der Waals surface area contributed by atoms with Gasteiger partial charge in [-0.3, -0.25) is 4.79 Å². The molecule has 0 unspecified atom stereocenters. The average Bonchev–Trinajstić information content (AvgIpc) is 3.45. The number of carbonyl (C=O) groups is 2. The van der Waals surface area contributed by atoms with Crippen LogP contribution in [0.4, 0.5) is 5.69 Å². The number of para-hydroxylation sites is 1. The molecule has 2 aromatic carbocycles. The summed E-state index contributed by atoms with van der Waals surface area (Å²) >= 11 is 3.36. The molecule has 2 aromatic heterocycles. The molecule has 0 saturated heterocycles. The number of rotatable bonds is 6. The number of aromatic nitrogens is 2. The number of nitrogens with one attached hydrogen (secondary N) is 1. The number of amides is 1. The van der Waals surface area contributed by atoms with Gasteiger partial charge >= 0.3 is 5.97 Å². The lowest BCUT2D eigenvalue weighted by Crippen LogP contribution is -2.15. The summed E-state index contributed by atoms with van der Waals surface area (Å²) in [6.07, 6.45) is 1.39. The molecule has 4 aromatic rings. The summed E-state index contributed by atoms with van der Waals surface area (Å²) in [6, 6.07) is 17.0. The zero-order valence-electron chi connectivity index (χ0n) is 15.4. The molecular formula is C21H14BrN3O5. The SMILES string of the molecule is O=C(Nc1ccccc1C(=O)OCc1nnc(-c2ccc(Br)cc2)o1)c1ccco1. The number of anilines is 1. The van der Waals surface area contributed by atoms with E-state index in [4.69, 9.17) is 13.6 Å². The number of hydrogen-bond donors (Lipinski definition) is 1. The molecule has 0 fully saturated rings. The Morgan fingerprint density at radius 1 is 1.00 bits per heavy atom. The largest absolute Gasteiger partial charge is 0.459 e. The third-order valence-electron chi connectivity index (χ3n) is 4.02. The fourth-order valence-corrected chi connectivity index (χ4v) is 2.85. The highest BCUT2D eigenvalue weighted by Gasteiger charge is 2.18. The summed E-state index contributed by atoms with van der Waals surface area (Å²) in [5.41, 5.74) is 1.23. The number of carbonyl (C=O) groups excluding carboxylic acids is 2. The Morgan fingerprint density at radius 3 is 2.57 bits per heavy atom. The molecular weight excluding hydrogens is 454 g/mol. The fraction of sp³-hybridized carbons (Fsp3) is 0.0476. The van der Waals surface area contributed by atoms with Crippen LogP contribution in [0.15, 0.2) is 80.2 Å². The molecule has 0 spiro atoms. The number of furan rings is 1. The molecule has 2 heterocycles. The molecule has 9 heteroatoms. The smallest absolute Gasteiger partial charge is 0.340 e. The zero-order valence-corrected chi connectivity index (χ0v) is 17.0. The van der Waals surface area contributed by atoms with Crippen LogP contribution in [-0.2, 0) is 11.3 Å². The standard InChI is InChI=1S/C21H14BrN3O5/c22-14-9-7-13(8-10-14)20-25-24-18(30-20)12-29-21(27)15-4-1-2-5-16(15)23-19(26)17-6-3-11-28-17/h1-11H,12H2,(H,23,26). The molecule has 0 bridgehead atoms. The van der Waals surface area contributed by atoms with E-state index in [1.807, 2.05) is 24.3 Å². The lowest BCUT2D eigenvalue weighted by molar-refractivity contribution is 0.0440. The predicted octanol–water partition coefficient (Wildman–Crippen LogP) is 4.70. The summed E-state index contributed by atoms with van der Waals surface area (Å²) in [6.45, 7) is -0.206. The van der Waals surface area contributed by atoms with Gasteiger partial charge in [-0.2, -0.15) is 0 Å². The minimum absolute atomic E-state index is 0.129. The second-order valence-corrected chi connectivity index (χ2v) is 6.98. The van der Waals surface area contributed by atoms with E-state index in [1.165, 1.54) is 12.3 Å². The molecule has 1 N–H and O–H groups in total. The Labute approximate surface area is 179 Å². The summed E-state index contributed by atoms with van der Waals surface area (Å²) in [4.78, 5) is 24.7. The van der Waals surface area contributed by atoms with Crippen LogP contribution in [0, 0.1) is 0 Å². The lowest BCUT2D eigenvalue weighted by Gasteiger charge is -2.09. The Kier molecular flexibility index (Phi) is 5.71. The van der Waals surface area contributed by atoms with Gasteiger partial charge < -0.3 is 18.9 Å². The highest BCUT2D eigenvalue weighted by Crippen LogP contribution is 2.22. The van der Waals surface area contributed by atoms with Crippen LogP contribution in [0.25, 0.3) is 11.5 Å². The van der Waals surface area contributed by atoms with E-state index in [1.54, 1.807) is 30.3 Å². The van der Waals surface area contributed by atoms with E-state index in [0.717, 1.165) is 10.0 Å². The van der Waals surface area contributed by atoms with Crippen LogP contribution in [0.3, 0.4) is 0 Å². The van der Waals surface area contributed by atoms with E-state index < -0.39 is 11.9 Å². The zero-order chi connectivity index (χ0) is 20.9. The number of benzene rings is 2. The maximum Gasteiger partial charge on any atom is 0.340 e. The molecule has 0 atom stereocenters. The first-order valence-corrected chi connectivity index (χ1v) is 9.59. The van der Waals surface area contributed by atoms with Crippen molar-refractivity contribution in [2.24, 2.45) is 0 Å². The quantitative estimate of drug-likeness (QED) is 0.409. The lowest BCUT2D eigenvalue weighted by atomic mass is 10.1. The van der Waals surface area contributed by atoms with Crippen molar-refractivity contribution in [3.05, 3.63) is 88.6 Å². The van der Waals surface area contributed by atoms with Crippen molar-refractivity contribution in [1.29, 1.82) is 0 Å². The van der Waals surface area contributed by atoms with Crippen molar-refractivity contribution in [2.45, 2.75) is 6.61 Å². The van der Waals surface area contributed by atoms with Crippen LogP contribution >= 0.6 is 15.9 Å². The number of nitrogens with zero attached hydrogens (tertiary/aromatic N) is 2. The number of halogens is 1. The van der Waals surface area contributed by atoms with Gasteiger partial charge in [0.1, 0.15) is 0 Å². The molecule has 150 valence electrons. The van der Waals surface area contributed by atoms with Gasteiger partial charge in [0.15, 0.2) is 12.4 Å². The average molecular weight is 468 g/mol. The predicted molar refractivity (Wildman–Crippen MR) is 110 cm³/mol. The van der Waals surface area contributed by atoms with Crippen molar-refractivity contribution >= 4 is 33.5 Å².